The average molecular weight is 335 g/mol. The number of nitrogens with zero attached hydrogens (tertiary/aromatic N) is 2. The number of carbonyl (C=O) groups is 2. The summed E-state index contributed by atoms with van der Waals surface area (Å²) >= 11 is 0. The van der Waals surface area contributed by atoms with Gasteiger partial charge < -0.3 is 20.1 Å². The van der Waals surface area contributed by atoms with Gasteiger partial charge >= 0.3 is 0 Å². The third kappa shape index (κ3) is 4.17. The van der Waals surface area contributed by atoms with Crippen molar-refractivity contribution in [3.05, 3.63) is 23.8 Å². The Morgan fingerprint density at radius 1 is 1.12 bits per heavy atom. The van der Waals surface area contributed by atoms with Crippen LogP contribution in [0.5, 0.6) is 11.5 Å². The van der Waals surface area contributed by atoms with Crippen LogP contribution in [-0.4, -0.2) is 68.1 Å². The average Bonchev–Trinajstić information content (AvgIpc) is 2.60. The lowest BCUT2D eigenvalue weighted by Crippen LogP contribution is -2.54. The quantitative estimate of drug-likeness (QED) is 0.806. The second-order valence-corrected chi connectivity index (χ2v) is 5.86. The van der Waals surface area contributed by atoms with Crippen LogP contribution in [0.4, 0.5) is 0 Å². The number of carbonyl (C=O) groups excluding carboxylic acids is 2. The summed E-state index contributed by atoms with van der Waals surface area (Å²) in [6.07, 6.45) is 0.311. The van der Waals surface area contributed by atoms with Gasteiger partial charge in [-0.05, 0) is 24.6 Å². The van der Waals surface area contributed by atoms with Crippen LogP contribution in [-0.2, 0) is 16.0 Å². The molecule has 1 aromatic carbocycles. The number of hydrogen-bond donors (Lipinski definition) is 1. The number of ether oxygens (including phenoxy) is 2. The molecule has 0 bridgehead atoms. The lowest BCUT2D eigenvalue weighted by molar-refractivity contribution is -0.133. The summed E-state index contributed by atoms with van der Waals surface area (Å²) in [6.45, 7) is 4.31. The molecule has 0 saturated carbocycles. The van der Waals surface area contributed by atoms with Crippen molar-refractivity contribution < 1.29 is 19.1 Å². The normalized spacial score (nSPS) is 16.5. The molecule has 2 N–H and O–H groups in total. The summed E-state index contributed by atoms with van der Waals surface area (Å²) in [6, 6.07) is 5.19. The van der Waals surface area contributed by atoms with E-state index in [1.165, 1.54) is 0 Å². The lowest BCUT2D eigenvalue weighted by Gasteiger charge is -2.37. The molecule has 0 aliphatic carbocycles. The van der Waals surface area contributed by atoms with Gasteiger partial charge in [0.25, 0.3) is 0 Å². The Hall–Kier alpha value is -2.28. The third-order valence-electron chi connectivity index (χ3n) is 4.43. The standard InChI is InChI=1S/C17H25N3O4/c1-12(17(18)22)19-6-8-20(9-7-19)16(21)11-13-4-5-14(23-2)15(10-13)24-3/h4-5,10,12H,6-9,11H2,1-3H3,(H2,18,22). The number of methoxy groups -OCH3 is 2. The summed E-state index contributed by atoms with van der Waals surface area (Å²) in [7, 11) is 3.15. The van der Waals surface area contributed by atoms with Crippen molar-refractivity contribution in [3.63, 3.8) is 0 Å². The highest BCUT2D eigenvalue weighted by atomic mass is 16.5. The molecule has 7 heteroatoms. The minimum Gasteiger partial charge on any atom is -0.493 e. The molecule has 1 fully saturated rings. The maximum absolute atomic E-state index is 12.5. The molecule has 1 unspecified atom stereocenters. The second-order valence-electron chi connectivity index (χ2n) is 5.86. The summed E-state index contributed by atoms with van der Waals surface area (Å²) in [5, 5.41) is 0. The van der Waals surface area contributed by atoms with E-state index in [2.05, 4.69) is 0 Å². The molecule has 2 amide bonds. The number of amides is 2. The van der Waals surface area contributed by atoms with E-state index >= 15 is 0 Å². The summed E-state index contributed by atoms with van der Waals surface area (Å²) in [4.78, 5) is 27.5. The van der Waals surface area contributed by atoms with Crippen molar-refractivity contribution in [2.45, 2.75) is 19.4 Å². The Kier molecular flexibility index (Phi) is 6.03. The van der Waals surface area contributed by atoms with Crippen LogP contribution in [0.25, 0.3) is 0 Å². The summed E-state index contributed by atoms with van der Waals surface area (Å²) in [5.74, 6) is 0.986. The smallest absolute Gasteiger partial charge is 0.234 e. The Morgan fingerprint density at radius 3 is 2.29 bits per heavy atom. The van der Waals surface area contributed by atoms with E-state index in [9.17, 15) is 9.59 Å². The van der Waals surface area contributed by atoms with Crippen LogP contribution in [0.1, 0.15) is 12.5 Å². The van der Waals surface area contributed by atoms with E-state index in [4.69, 9.17) is 15.2 Å². The first-order chi connectivity index (χ1) is 11.5. The van der Waals surface area contributed by atoms with Gasteiger partial charge in [0.1, 0.15) is 0 Å². The molecule has 7 nitrogen and oxygen atoms in total. The Bertz CT molecular complexity index is 597. The minimum absolute atomic E-state index is 0.0635. The van der Waals surface area contributed by atoms with Gasteiger partial charge in [0.15, 0.2) is 11.5 Å². The molecule has 1 aliphatic heterocycles. The van der Waals surface area contributed by atoms with Crippen molar-refractivity contribution in [3.8, 4) is 11.5 Å². The lowest BCUT2D eigenvalue weighted by atomic mass is 10.1. The number of primary amides is 1. The van der Waals surface area contributed by atoms with E-state index in [-0.39, 0.29) is 17.9 Å². The van der Waals surface area contributed by atoms with Gasteiger partial charge in [-0.2, -0.15) is 0 Å². The van der Waals surface area contributed by atoms with Crippen LogP contribution in [0.15, 0.2) is 18.2 Å². The molecule has 2 rings (SSSR count). The number of hydrogen-bond acceptors (Lipinski definition) is 5. The van der Waals surface area contributed by atoms with Crippen LogP contribution in [0, 0.1) is 0 Å². The molecule has 0 radical (unpaired) electrons. The predicted octanol–water partition coefficient (Wildman–Crippen LogP) is 0.264. The summed E-state index contributed by atoms with van der Waals surface area (Å²) in [5.41, 5.74) is 6.21. The molecule has 1 aromatic rings. The molecule has 0 spiro atoms. The first-order valence-electron chi connectivity index (χ1n) is 7.98. The van der Waals surface area contributed by atoms with E-state index < -0.39 is 0 Å². The van der Waals surface area contributed by atoms with Crippen LogP contribution in [0.3, 0.4) is 0 Å². The zero-order valence-corrected chi connectivity index (χ0v) is 14.4. The van der Waals surface area contributed by atoms with E-state index in [1.807, 2.05) is 21.9 Å². The maximum atomic E-state index is 12.5. The second kappa shape index (κ2) is 8.01. The molecule has 24 heavy (non-hydrogen) atoms. The van der Waals surface area contributed by atoms with E-state index in [0.717, 1.165) is 5.56 Å². The summed E-state index contributed by atoms with van der Waals surface area (Å²) < 4.78 is 10.5. The minimum atomic E-state index is -0.333. The monoisotopic (exact) mass is 335 g/mol. The van der Waals surface area contributed by atoms with Crippen molar-refractivity contribution in [1.82, 2.24) is 9.80 Å². The van der Waals surface area contributed by atoms with Gasteiger partial charge in [-0.25, -0.2) is 0 Å². The van der Waals surface area contributed by atoms with Crippen molar-refractivity contribution >= 4 is 11.8 Å². The first kappa shape index (κ1) is 18.1. The zero-order chi connectivity index (χ0) is 17.7. The van der Waals surface area contributed by atoms with Gasteiger partial charge in [0.2, 0.25) is 11.8 Å². The van der Waals surface area contributed by atoms with Gasteiger partial charge in [-0.1, -0.05) is 6.07 Å². The highest BCUT2D eigenvalue weighted by Crippen LogP contribution is 2.27. The number of benzene rings is 1. The van der Waals surface area contributed by atoms with E-state index in [0.29, 0.717) is 44.1 Å². The van der Waals surface area contributed by atoms with Crippen LogP contribution < -0.4 is 15.2 Å². The first-order valence-corrected chi connectivity index (χ1v) is 7.98. The molecule has 1 heterocycles. The fourth-order valence-electron chi connectivity index (χ4n) is 2.82. The molecule has 1 saturated heterocycles. The van der Waals surface area contributed by atoms with Crippen molar-refractivity contribution in [1.29, 1.82) is 0 Å². The fraction of sp³-hybridized carbons (Fsp3) is 0.529. The van der Waals surface area contributed by atoms with E-state index in [1.54, 1.807) is 27.2 Å². The van der Waals surface area contributed by atoms with Gasteiger partial charge in [0, 0.05) is 26.2 Å². The molecule has 132 valence electrons. The Balaban J connectivity index is 1.93. The largest absolute Gasteiger partial charge is 0.493 e. The van der Waals surface area contributed by atoms with Crippen LogP contribution in [0.2, 0.25) is 0 Å². The van der Waals surface area contributed by atoms with Crippen molar-refractivity contribution in [2.24, 2.45) is 5.73 Å². The molecular formula is C17H25N3O4. The van der Waals surface area contributed by atoms with Crippen molar-refractivity contribution in [2.75, 3.05) is 40.4 Å². The number of rotatable bonds is 6. The highest BCUT2D eigenvalue weighted by Gasteiger charge is 2.26. The topological polar surface area (TPSA) is 85.1 Å². The number of piperazine rings is 1. The Morgan fingerprint density at radius 2 is 1.75 bits per heavy atom. The number of nitrogens with two attached hydrogens (primary N) is 1. The molecule has 0 aromatic heterocycles. The zero-order valence-electron chi connectivity index (χ0n) is 14.4. The maximum Gasteiger partial charge on any atom is 0.234 e. The van der Waals surface area contributed by atoms with Crippen LogP contribution >= 0.6 is 0 Å². The van der Waals surface area contributed by atoms with Gasteiger partial charge in [-0.3, -0.25) is 14.5 Å². The Labute approximate surface area is 142 Å². The van der Waals surface area contributed by atoms with Gasteiger partial charge in [-0.15, -0.1) is 0 Å². The molecule has 1 atom stereocenters. The highest BCUT2D eigenvalue weighted by molar-refractivity contribution is 5.80. The predicted molar refractivity (Wildman–Crippen MR) is 90.1 cm³/mol. The molecular weight excluding hydrogens is 310 g/mol. The molecule has 1 aliphatic rings. The SMILES string of the molecule is COc1ccc(CC(=O)N2CCN(C(C)C(N)=O)CC2)cc1OC. The van der Waals surface area contributed by atoms with Gasteiger partial charge in [0.05, 0.1) is 26.7 Å². The third-order valence-corrected chi connectivity index (χ3v) is 4.43. The fourth-order valence-corrected chi connectivity index (χ4v) is 2.82.